The lowest BCUT2D eigenvalue weighted by atomic mass is 9.96. The van der Waals surface area contributed by atoms with Gasteiger partial charge in [-0.3, -0.25) is 4.79 Å². The van der Waals surface area contributed by atoms with Gasteiger partial charge in [0.25, 0.3) is 0 Å². The van der Waals surface area contributed by atoms with Gasteiger partial charge in [0.05, 0.1) is 5.56 Å². The summed E-state index contributed by atoms with van der Waals surface area (Å²) in [4.78, 5) is 13.5. The molecule has 6 heteroatoms. The van der Waals surface area contributed by atoms with Crippen molar-refractivity contribution in [3.63, 3.8) is 0 Å². The molecule has 0 unspecified atom stereocenters. The summed E-state index contributed by atoms with van der Waals surface area (Å²) in [6.45, 7) is 0. The first kappa shape index (κ1) is 10.8. The molecule has 1 aromatic rings. The molecular formula is C10H9F3N2O. The SMILES string of the molecule is NC1=Cc2c(C(F)(F)F)cc(=O)[nH]c2CC1. The van der Waals surface area contributed by atoms with E-state index in [0.29, 0.717) is 30.3 Å². The van der Waals surface area contributed by atoms with Crippen LogP contribution >= 0.6 is 0 Å². The highest BCUT2D eigenvalue weighted by molar-refractivity contribution is 5.61. The van der Waals surface area contributed by atoms with Crippen molar-refractivity contribution in [2.45, 2.75) is 19.0 Å². The van der Waals surface area contributed by atoms with Gasteiger partial charge in [0.15, 0.2) is 0 Å². The molecule has 0 saturated carbocycles. The molecule has 3 N–H and O–H groups in total. The lowest BCUT2D eigenvalue weighted by Gasteiger charge is -2.18. The molecule has 0 fully saturated rings. The van der Waals surface area contributed by atoms with E-state index in [1.807, 2.05) is 0 Å². The van der Waals surface area contributed by atoms with Crippen LogP contribution < -0.4 is 11.3 Å². The van der Waals surface area contributed by atoms with Gasteiger partial charge in [-0.2, -0.15) is 13.2 Å². The van der Waals surface area contributed by atoms with E-state index in [2.05, 4.69) is 4.98 Å². The number of nitrogens with one attached hydrogen (secondary N) is 1. The number of hydrogen-bond donors (Lipinski definition) is 2. The first-order valence-electron chi connectivity index (χ1n) is 4.67. The molecule has 3 nitrogen and oxygen atoms in total. The zero-order valence-electron chi connectivity index (χ0n) is 8.19. The fourth-order valence-corrected chi connectivity index (χ4v) is 1.75. The van der Waals surface area contributed by atoms with Gasteiger partial charge in [-0.15, -0.1) is 0 Å². The lowest BCUT2D eigenvalue weighted by molar-refractivity contribution is -0.137. The van der Waals surface area contributed by atoms with Gasteiger partial charge < -0.3 is 10.7 Å². The van der Waals surface area contributed by atoms with Crippen LogP contribution in [0.2, 0.25) is 0 Å². The minimum Gasteiger partial charge on any atom is -0.402 e. The van der Waals surface area contributed by atoms with Crippen LogP contribution in [0.4, 0.5) is 13.2 Å². The molecule has 1 heterocycles. The topological polar surface area (TPSA) is 58.9 Å². The molecule has 1 aromatic heterocycles. The highest BCUT2D eigenvalue weighted by atomic mass is 19.4. The number of hydrogen-bond acceptors (Lipinski definition) is 2. The van der Waals surface area contributed by atoms with E-state index < -0.39 is 17.3 Å². The van der Waals surface area contributed by atoms with Crippen molar-refractivity contribution < 1.29 is 13.2 Å². The van der Waals surface area contributed by atoms with E-state index in [1.165, 1.54) is 6.08 Å². The van der Waals surface area contributed by atoms with Gasteiger partial charge in [0.2, 0.25) is 5.56 Å². The highest BCUT2D eigenvalue weighted by Crippen LogP contribution is 2.34. The minimum absolute atomic E-state index is 0.0177. The fourth-order valence-electron chi connectivity index (χ4n) is 1.75. The third-order valence-electron chi connectivity index (χ3n) is 2.46. The van der Waals surface area contributed by atoms with Crippen LogP contribution in [0.5, 0.6) is 0 Å². The highest BCUT2D eigenvalue weighted by Gasteiger charge is 2.35. The monoisotopic (exact) mass is 230 g/mol. The number of aromatic amines is 1. The van der Waals surface area contributed by atoms with E-state index in [0.717, 1.165) is 0 Å². The Hall–Kier alpha value is -1.72. The number of alkyl halides is 3. The van der Waals surface area contributed by atoms with Crippen LogP contribution in [0.25, 0.3) is 6.08 Å². The number of aryl methyl sites for hydroxylation is 1. The van der Waals surface area contributed by atoms with Crippen molar-refractivity contribution in [1.29, 1.82) is 0 Å². The molecule has 0 saturated heterocycles. The predicted octanol–water partition coefficient (Wildman–Crippen LogP) is 1.64. The Morgan fingerprint density at radius 2 is 2.00 bits per heavy atom. The lowest BCUT2D eigenvalue weighted by Crippen LogP contribution is -2.21. The third-order valence-corrected chi connectivity index (χ3v) is 2.46. The second-order valence-electron chi connectivity index (χ2n) is 3.66. The van der Waals surface area contributed by atoms with Crippen molar-refractivity contribution >= 4 is 6.08 Å². The smallest absolute Gasteiger partial charge is 0.402 e. The zero-order chi connectivity index (χ0) is 11.9. The van der Waals surface area contributed by atoms with Crippen LogP contribution in [-0.4, -0.2) is 4.98 Å². The molecule has 0 aliphatic heterocycles. The summed E-state index contributed by atoms with van der Waals surface area (Å²) in [5.74, 6) is 0. The van der Waals surface area contributed by atoms with Gasteiger partial charge in [-0.05, 0) is 18.9 Å². The Morgan fingerprint density at radius 1 is 1.31 bits per heavy atom. The van der Waals surface area contributed by atoms with Gasteiger partial charge >= 0.3 is 6.18 Å². The number of pyridine rings is 1. The van der Waals surface area contributed by atoms with Crippen molar-refractivity contribution in [2.24, 2.45) is 5.73 Å². The van der Waals surface area contributed by atoms with Crippen LogP contribution in [0.1, 0.15) is 23.2 Å². The number of allylic oxidation sites excluding steroid dienone is 1. The predicted molar refractivity (Wildman–Crippen MR) is 52.6 cm³/mol. The Morgan fingerprint density at radius 3 is 2.62 bits per heavy atom. The van der Waals surface area contributed by atoms with Crippen molar-refractivity contribution in [3.8, 4) is 0 Å². The number of nitrogens with two attached hydrogens (primary N) is 1. The molecule has 86 valence electrons. The molecule has 1 aliphatic rings. The molecule has 16 heavy (non-hydrogen) atoms. The average Bonchev–Trinajstić information content (AvgIpc) is 2.16. The maximum Gasteiger partial charge on any atom is 0.417 e. The summed E-state index contributed by atoms with van der Waals surface area (Å²) in [6.07, 6.45) is -2.47. The van der Waals surface area contributed by atoms with Gasteiger partial charge in [0.1, 0.15) is 0 Å². The summed E-state index contributed by atoms with van der Waals surface area (Å²) in [7, 11) is 0. The van der Waals surface area contributed by atoms with Gasteiger partial charge in [-0.1, -0.05) is 0 Å². The third kappa shape index (κ3) is 1.82. The largest absolute Gasteiger partial charge is 0.417 e. The number of rotatable bonds is 0. The average molecular weight is 230 g/mol. The van der Waals surface area contributed by atoms with Crippen LogP contribution in [0.15, 0.2) is 16.6 Å². The summed E-state index contributed by atoms with van der Waals surface area (Å²) < 4.78 is 38.0. The van der Waals surface area contributed by atoms with Crippen molar-refractivity contribution in [3.05, 3.63) is 38.9 Å². The summed E-state index contributed by atoms with van der Waals surface area (Å²) in [5, 5.41) is 0. The van der Waals surface area contributed by atoms with Crippen molar-refractivity contribution in [2.75, 3.05) is 0 Å². The van der Waals surface area contributed by atoms with Crippen LogP contribution in [0, 0.1) is 0 Å². The second-order valence-corrected chi connectivity index (χ2v) is 3.66. The molecule has 2 rings (SSSR count). The molecule has 0 aromatic carbocycles. The number of halogens is 3. The number of aromatic nitrogens is 1. The summed E-state index contributed by atoms with van der Waals surface area (Å²) >= 11 is 0. The molecule has 1 aliphatic carbocycles. The number of H-pyrrole nitrogens is 1. The van der Waals surface area contributed by atoms with Crippen LogP contribution in [-0.2, 0) is 12.6 Å². The van der Waals surface area contributed by atoms with E-state index in [-0.39, 0.29) is 5.56 Å². The van der Waals surface area contributed by atoms with Crippen molar-refractivity contribution in [1.82, 2.24) is 4.98 Å². The Kier molecular flexibility index (Phi) is 2.29. The van der Waals surface area contributed by atoms with E-state index in [1.54, 1.807) is 0 Å². The summed E-state index contributed by atoms with van der Waals surface area (Å²) in [6, 6.07) is 0.563. The Bertz CT molecular complexity index is 514. The molecule has 0 spiro atoms. The maximum absolute atomic E-state index is 12.7. The zero-order valence-corrected chi connectivity index (χ0v) is 8.19. The maximum atomic E-state index is 12.7. The second kappa shape index (κ2) is 3.40. The number of fused-ring (bicyclic) bond motifs is 1. The normalized spacial score (nSPS) is 15.6. The van der Waals surface area contributed by atoms with Gasteiger partial charge in [0, 0.05) is 23.0 Å². The molecule has 0 radical (unpaired) electrons. The summed E-state index contributed by atoms with van der Waals surface area (Å²) in [5.41, 5.74) is 4.52. The fraction of sp³-hybridized carbons (Fsp3) is 0.300. The first-order valence-corrected chi connectivity index (χ1v) is 4.67. The Labute approximate surface area is 88.8 Å². The molecular weight excluding hydrogens is 221 g/mol. The molecule has 0 amide bonds. The van der Waals surface area contributed by atoms with E-state index in [9.17, 15) is 18.0 Å². The van der Waals surface area contributed by atoms with E-state index >= 15 is 0 Å². The van der Waals surface area contributed by atoms with Gasteiger partial charge in [-0.25, -0.2) is 0 Å². The molecule has 0 bridgehead atoms. The van der Waals surface area contributed by atoms with Crippen LogP contribution in [0.3, 0.4) is 0 Å². The Balaban J connectivity index is 2.72. The standard InChI is InChI=1S/C10H9F3N2O/c11-10(12,13)7-4-9(16)15-8-2-1-5(14)3-6(7)8/h3-4H,1-2,14H2,(H,15,16). The molecule has 0 atom stereocenters. The first-order chi connectivity index (χ1) is 7.38. The quantitative estimate of drug-likeness (QED) is 0.711. The van der Waals surface area contributed by atoms with E-state index in [4.69, 9.17) is 5.73 Å². The minimum atomic E-state index is -4.54.